The molecule has 2 aromatic rings. The summed E-state index contributed by atoms with van der Waals surface area (Å²) < 4.78 is 26.3. The predicted octanol–water partition coefficient (Wildman–Crippen LogP) is 3.27. The van der Waals surface area contributed by atoms with Crippen molar-refractivity contribution in [3.05, 3.63) is 58.9 Å². The van der Waals surface area contributed by atoms with E-state index in [1.165, 1.54) is 18.3 Å². The Morgan fingerprint density at radius 3 is 2.72 bits per heavy atom. The van der Waals surface area contributed by atoms with Crippen LogP contribution in [0.4, 0.5) is 14.5 Å². The Hall–Kier alpha value is -2.01. The quantitative estimate of drug-likeness (QED) is 0.908. The van der Waals surface area contributed by atoms with Gasteiger partial charge in [-0.15, -0.1) is 0 Å². The Balaban J connectivity index is 2.27. The summed E-state index contributed by atoms with van der Waals surface area (Å²) in [5.41, 5.74) is -0.164. The van der Waals surface area contributed by atoms with Crippen LogP contribution in [-0.2, 0) is 0 Å². The van der Waals surface area contributed by atoms with Gasteiger partial charge in [0.05, 0.1) is 22.5 Å². The van der Waals surface area contributed by atoms with Gasteiger partial charge in [-0.05, 0) is 18.2 Å². The highest BCUT2D eigenvalue weighted by Crippen LogP contribution is 2.25. The van der Waals surface area contributed by atoms with E-state index < -0.39 is 17.5 Å². The zero-order valence-corrected chi connectivity index (χ0v) is 9.71. The summed E-state index contributed by atoms with van der Waals surface area (Å²) in [5.74, 6) is -2.00. The van der Waals surface area contributed by atoms with Gasteiger partial charge in [-0.25, -0.2) is 8.78 Å². The monoisotopic (exact) mass is 268 g/mol. The molecule has 0 fully saturated rings. The summed E-state index contributed by atoms with van der Waals surface area (Å²) in [7, 11) is 0. The van der Waals surface area contributed by atoms with E-state index in [1.807, 2.05) is 0 Å². The zero-order chi connectivity index (χ0) is 13.1. The molecule has 1 heterocycles. The summed E-state index contributed by atoms with van der Waals surface area (Å²) in [6, 6.07) is 5.00. The van der Waals surface area contributed by atoms with Crippen molar-refractivity contribution in [2.45, 2.75) is 0 Å². The van der Waals surface area contributed by atoms with Crippen molar-refractivity contribution in [3.8, 4) is 0 Å². The highest BCUT2D eigenvalue weighted by molar-refractivity contribution is 6.33. The van der Waals surface area contributed by atoms with E-state index in [4.69, 9.17) is 11.6 Å². The number of amides is 1. The van der Waals surface area contributed by atoms with Crippen LogP contribution < -0.4 is 5.32 Å². The summed E-state index contributed by atoms with van der Waals surface area (Å²) in [6.45, 7) is 0. The Bertz CT molecular complexity index is 584. The molecule has 0 atom stereocenters. The maximum Gasteiger partial charge on any atom is 0.257 e. The Morgan fingerprint density at radius 1 is 1.28 bits per heavy atom. The van der Waals surface area contributed by atoms with Gasteiger partial charge in [0.2, 0.25) is 0 Å². The molecule has 3 nitrogen and oxygen atoms in total. The number of benzene rings is 1. The average Bonchev–Trinajstić information content (AvgIpc) is 2.34. The van der Waals surface area contributed by atoms with Gasteiger partial charge >= 0.3 is 0 Å². The second-order valence-electron chi connectivity index (χ2n) is 3.44. The number of hydrogen-bond donors (Lipinski definition) is 1. The molecule has 18 heavy (non-hydrogen) atoms. The molecule has 2 rings (SSSR count). The SMILES string of the molecule is O=C(Nc1c(F)cccc1Cl)c1cncc(F)c1. The molecule has 0 spiro atoms. The first-order valence-electron chi connectivity index (χ1n) is 4.94. The van der Waals surface area contributed by atoms with Gasteiger partial charge in [-0.2, -0.15) is 0 Å². The van der Waals surface area contributed by atoms with Crippen LogP contribution in [-0.4, -0.2) is 10.9 Å². The lowest BCUT2D eigenvalue weighted by atomic mass is 10.2. The molecule has 1 amide bonds. The molecular weight excluding hydrogens is 262 g/mol. The summed E-state index contributed by atoms with van der Waals surface area (Å²) in [5, 5.41) is 2.33. The summed E-state index contributed by atoms with van der Waals surface area (Å²) in [4.78, 5) is 15.3. The number of pyridine rings is 1. The molecule has 92 valence electrons. The van der Waals surface area contributed by atoms with Crippen molar-refractivity contribution in [3.63, 3.8) is 0 Å². The number of carbonyl (C=O) groups excluding carboxylic acids is 1. The normalized spacial score (nSPS) is 10.2. The first kappa shape index (κ1) is 12.4. The molecule has 0 saturated carbocycles. The Kier molecular flexibility index (Phi) is 3.53. The van der Waals surface area contributed by atoms with E-state index in [0.717, 1.165) is 18.3 Å². The summed E-state index contributed by atoms with van der Waals surface area (Å²) in [6.07, 6.45) is 2.14. The zero-order valence-electron chi connectivity index (χ0n) is 8.95. The van der Waals surface area contributed by atoms with Gasteiger partial charge < -0.3 is 5.32 Å². The molecule has 1 aromatic heterocycles. The second-order valence-corrected chi connectivity index (χ2v) is 3.85. The van der Waals surface area contributed by atoms with Gasteiger partial charge in [0.25, 0.3) is 5.91 Å². The van der Waals surface area contributed by atoms with Crippen molar-refractivity contribution >= 4 is 23.2 Å². The third-order valence-corrected chi connectivity index (χ3v) is 2.48. The third kappa shape index (κ3) is 2.62. The molecular formula is C12H7ClF2N2O. The van der Waals surface area contributed by atoms with Gasteiger partial charge in [-0.1, -0.05) is 17.7 Å². The van der Waals surface area contributed by atoms with Crippen molar-refractivity contribution in [1.29, 1.82) is 0 Å². The maximum absolute atomic E-state index is 13.4. The van der Waals surface area contributed by atoms with Crippen LogP contribution in [0.15, 0.2) is 36.7 Å². The summed E-state index contributed by atoms with van der Waals surface area (Å²) >= 11 is 5.75. The van der Waals surface area contributed by atoms with E-state index in [9.17, 15) is 13.6 Å². The van der Waals surface area contributed by atoms with Crippen LogP contribution in [0.3, 0.4) is 0 Å². The fourth-order valence-corrected chi connectivity index (χ4v) is 1.55. The van der Waals surface area contributed by atoms with Gasteiger partial charge in [-0.3, -0.25) is 9.78 Å². The van der Waals surface area contributed by atoms with Gasteiger partial charge in [0.1, 0.15) is 11.6 Å². The standard InChI is InChI=1S/C12H7ClF2N2O/c13-9-2-1-3-10(15)11(9)17-12(18)7-4-8(14)6-16-5-7/h1-6H,(H,17,18). The van der Waals surface area contributed by atoms with Crippen molar-refractivity contribution < 1.29 is 13.6 Å². The lowest BCUT2D eigenvalue weighted by Crippen LogP contribution is -2.14. The number of carbonyl (C=O) groups is 1. The third-order valence-electron chi connectivity index (χ3n) is 2.17. The first-order valence-corrected chi connectivity index (χ1v) is 5.31. The van der Waals surface area contributed by atoms with Gasteiger partial charge in [0, 0.05) is 6.20 Å². The molecule has 0 aliphatic heterocycles. The number of anilines is 1. The maximum atomic E-state index is 13.4. The molecule has 1 N–H and O–H groups in total. The number of nitrogens with one attached hydrogen (secondary N) is 1. The minimum Gasteiger partial charge on any atom is -0.318 e. The van der Waals surface area contributed by atoms with E-state index >= 15 is 0 Å². The van der Waals surface area contributed by atoms with Gasteiger partial charge in [0.15, 0.2) is 0 Å². The number of halogens is 3. The van der Waals surface area contributed by atoms with Crippen molar-refractivity contribution in [2.24, 2.45) is 0 Å². The molecule has 0 radical (unpaired) electrons. The highest BCUT2D eigenvalue weighted by Gasteiger charge is 2.13. The fraction of sp³-hybridized carbons (Fsp3) is 0. The first-order chi connectivity index (χ1) is 8.58. The molecule has 0 saturated heterocycles. The number of nitrogens with zero attached hydrogens (tertiary/aromatic N) is 1. The highest BCUT2D eigenvalue weighted by atomic mass is 35.5. The van der Waals surface area contributed by atoms with Crippen LogP contribution in [0.1, 0.15) is 10.4 Å². The number of rotatable bonds is 2. The second kappa shape index (κ2) is 5.10. The average molecular weight is 269 g/mol. The van der Waals surface area contributed by atoms with Crippen LogP contribution in [0.2, 0.25) is 5.02 Å². The smallest absolute Gasteiger partial charge is 0.257 e. The molecule has 0 unspecified atom stereocenters. The molecule has 1 aromatic carbocycles. The Morgan fingerprint density at radius 2 is 2.06 bits per heavy atom. The van der Waals surface area contributed by atoms with Crippen LogP contribution >= 0.6 is 11.6 Å². The molecule has 0 aliphatic rings. The minimum atomic E-state index is -0.686. The topological polar surface area (TPSA) is 42.0 Å². The molecule has 0 bridgehead atoms. The van der Waals surface area contributed by atoms with Crippen LogP contribution in [0.25, 0.3) is 0 Å². The van der Waals surface area contributed by atoms with Crippen molar-refractivity contribution in [2.75, 3.05) is 5.32 Å². The minimum absolute atomic E-state index is 0.0191. The van der Waals surface area contributed by atoms with Crippen LogP contribution in [0.5, 0.6) is 0 Å². The molecule has 6 heteroatoms. The predicted molar refractivity (Wildman–Crippen MR) is 63.6 cm³/mol. The van der Waals surface area contributed by atoms with E-state index in [-0.39, 0.29) is 16.3 Å². The fourth-order valence-electron chi connectivity index (χ4n) is 1.34. The van der Waals surface area contributed by atoms with Crippen molar-refractivity contribution in [1.82, 2.24) is 4.98 Å². The Labute approximate surface area is 106 Å². The van der Waals surface area contributed by atoms with E-state index in [1.54, 1.807) is 0 Å². The lowest BCUT2D eigenvalue weighted by Gasteiger charge is -2.07. The van der Waals surface area contributed by atoms with Crippen LogP contribution in [0, 0.1) is 11.6 Å². The lowest BCUT2D eigenvalue weighted by molar-refractivity contribution is 0.102. The number of hydrogen-bond acceptors (Lipinski definition) is 2. The van der Waals surface area contributed by atoms with E-state index in [0.29, 0.717) is 0 Å². The molecule has 0 aliphatic carbocycles. The number of para-hydroxylation sites is 1. The largest absolute Gasteiger partial charge is 0.318 e. The number of aromatic nitrogens is 1. The van der Waals surface area contributed by atoms with E-state index in [2.05, 4.69) is 10.3 Å².